The normalized spacial score (nSPS) is 14.1. The first-order valence-electron chi connectivity index (χ1n) is 8.64. The molecule has 2 aromatic carbocycles. The summed E-state index contributed by atoms with van der Waals surface area (Å²) in [4.78, 5) is 39.5. The van der Waals surface area contributed by atoms with E-state index >= 15 is 0 Å². The van der Waals surface area contributed by atoms with Crippen molar-refractivity contribution in [2.45, 2.75) is 24.8 Å². The van der Waals surface area contributed by atoms with Gasteiger partial charge in [-0.1, -0.05) is 31.2 Å². The maximum absolute atomic E-state index is 12.8. The molecule has 0 saturated heterocycles. The van der Waals surface area contributed by atoms with Crippen LogP contribution in [0.5, 0.6) is 0 Å². The number of carbonyl (C=O) groups excluding carboxylic acids is 3. The number of fused-ring (bicyclic) bond motifs is 1. The molecule has 0 unspecified atom stereocenters. The predicted molar refractivity (Wildman–Crippen MR) is 105 cm³/mol. The van der Waals surface area contributed by atoms with Gasteiger partial charge in [-0.3, -0.25) is 14.5 Å². The van der Waals surface area contributed by atoms with Gasteiger partial charge in [0.1, 0.15) is 6.54 Å². The third-order valence-corrected chi connectivity index (χ3v) is 5.03. The number of rotatable bonds is 5. The van der Waals surface area contributed by atoms with Gasteiger partial charge in [0.15, 0.2) is 6.10 Å². The third kappa shape index (κ3) is 4.14. The average molecular weight is 384 g/mol. The SMILES string of the molecule is CCSc1ccccc1C(=O)O[C@H](C)C(=O)N1CC(=O)Nc2ccccc21. The summed E-state index contributed by atoms with van der Waals surface area (Å²) >= 11 is 1.54. The van der Waals surface area contributed by atoms with E-state index in [1.54, 1.807) is 36.4 Å². The van der Waals surface area contributed by atoms with Gasteiger partial charge in [-0.05, 0) is 36.9 Å². The molecule has 0 radical (unpaired) electrons. The van der Waals surface area contributed by atoms with E-state index in [0.29, 0.717) is 16.9 Å². The molecule has 7 heteroatoms. The van der Waals surface area contributed by atoms with Crippen molar-refractivity contribution in [3.8, 4) is 0 Å². The van der Waals surface area contributed by atoms with Gasteiger partial charge >= 0.3 is 5.97 Å². The molecule has 0 fully saturated rings. The van der Waals surface area contributed by atoms with Crippen LogP contribution in [-0.2, 0) is 14.3 Å². The van der Waals surface area contributed by atoms with E-state index in [9.17, 15) is 14.4 Å². The maximum atomic E-state index is 12.8. The van der Waals surface area contributed by atoms with Gasteiger partial charge in [0.2, 0.25) is 5.91 Å². The van der Waals surface area contributed by atoms with Crippen LogP contribution in [0, 0.1) is 0 Å². The van der Waals surface area contributed by atoms with Gasteiger partial charge in [0, 0.05) is 4.90 Å². The van der Waals surface area contributed by atoms with Crippen LogP contribution < -0.4 is 10.2 Å². The number of para-hydroxylation sites is 2. The second-order valence-electron chi connectivity index (χ2n) is 5.97. The van der Waals surface area contributed by atoms with E-state index in [1.165, 1.54) is 23.6 Å². The van der Waals surface area contributed by atoms with Gasteiger partial charge in [-0.15, -0.1) is 11.8 Å². The fourth-order valence-corrected chi connectivity index (χ4v) is 3.63. The van der Waals surface area contributed by atoms with Gasteiger partial charge in [0.05, 0.1) is 16.9 Å². The van der Waals surface area contributed by atoms with Crippen LogP contribution in [0.3, 0.4) is 0 Å². The van der Waals surface area contributed by atoms with Crippen molar-refractivity contribution in [1.82, 2.24) is 0 Å². The Morgan fingerprint density at radius 1 is 1.19 bits per heavy atom. The first kappa shape index (κ1) is 19.0. The Balaban J connectivity index is 1.77. The van der Waals surface area contributed by atoms with E-state index < -0.39 is 18.0 Å². The fourth-order valence-electron chi connectivity index (χ4n) is 2.84. The number of benzene rings is 2. The molecule has 0 aliphatic carbocycles. The molecule has 27 heavy (non-hydrogen) atoms. The number of amides is 2. The van der Waals surface area contributed by atoms with Crippen LogP contribution in [0.4, 0.5) is 11.4 Å². The van der Waals surface area contributed by atoms with Crippen LogP contribution in [0.25, 0.3) is 0 Å². The summed E-state index contributed by atoms with van der Waals surface area (Å²) in [7, 11) is 0. The lowest BCUT2D eigenvalue weighted by molar-refractivity contribution is -0.128. The minimum Gasteiger partial charge on any atom is -0.449 e. The molecule has 1 aliphatic heterocycles. The number of thioether (sulfide) groups is 1. The summed E-state index contributed by atoms with van der Waals surface area (Å²) in [5.74, 6) is -0.461. The summed E-state index contributed by atoms with van der Waals surface area (Å²) in [5, 5.41) is 2.73. The first-order chi connectivity index (χ1) is 13.0. The van der Waals surface area contributed by atoms with Crippen molar-refractivity contribution in [1.29, 1.82) is 0 Å². The average Bonchev–Trinajstić information content (AvgIpc) is 2.67. The van der Waals surface area contributed by atoms with E-state index in [2.05, 4.69) is 5.32 Å². The van der Waals surface area contributed by atoms with Crippen molar-refractivity contribution in [2.75, 3.05) is 22.5 Å². The van der Waals surface area contributed by atoms with Crippen LogP contribution in [0.1, 0.15) is 24.2 Å². The number of esters is 1. The smallest absolute Gasteiger partial charge is 0.340 e. The standard InChI is InChI=1S/C20H20N2O4S/c1-3-27-17-11-7-4-8-14(17)20(25)26-13(2)19(24)22-12-18(23)21-15-9-5-6-10-16(15)22/h4-11,13H,3,12H2,1-2H3,(H,21,23)/t13-/m1/s1. The molecule has 3 rings (SSSR count). The lowest BCUT2D eigenvalue weighted by Gasteiger charge is -2.30. The Kier molecular flexibility index (Phi) is 5.81. The molecule has 1 aliphatic rings. The van der Waals surface area contributed by atoms with Crippen LogP contribution in [0.15, 0.2) is 53.4 Å². The van der Waals surface area contributed by atoms with Gasteiger partial charge in [-0.2, -0.15) is 0 Å². The second kappa shape index (κ2) is 8.26. The highest BCUT2D eigenvalue weighted by atomic mass is 32.2. The molecule has 1 N–H and O–H groups in total. The van der Waals surface area contributed by atoms with Gasteiger partial charge < -0.3 is 10.1 Å². The highest BCUT2D eigenvalue weighted by Crippen LogP contribution is 2.30. The number of carbonyl (C=O) groups is 3. The number of hydrogen-bond donors (Lipinski definition) is 1. The summed E-state index contributed by atoms with van der Waals surface area (Å²) in [6.45, 7) is 3.41. The zero-order valence-corrected chi connectivity index (χ0v) is 15.9. The zero-order chi connectivity index (χ0) is 19.4. The number of nitrogens with zero attached hydrogens (tertiary/aromatic N) is 1. The highest BCUT2D eigenvalue weighted by Gasteiger charge is 2.31. The Labute approximate surface area is 161 Å². The summed E-state index contributed by atoms with van der Waals surface area (Å²) in [6, 6.07) is 14.2. The molecule has 6 nitrogen and oxygen atoms in total. The molecule has 140 valence electrons. The second-order valence-corrected chi connectivity index (χ2v) is 7.27. The molecule has 2 amide bonds. The Morgan fingerprint density at radius 3 is 2.67 bits per heavy atom. The minimum atomic E-state index is -1.02. The highest BCUT2D eigenvalue weighted by molar-refractivity contribution is 7.99. The zero-order valence-electron chi connectivity index (χ0n) is 15.1. The third-order valence-electron chi connectivity index (χ3n) is 4.08. The van der Waals surface area contributed by atoms with Crippen LogP contribution >= 0.6 is 11.8 Å². The molecular formula is C20H20N2O4S. The van der Waals surface area contributed by atoms with Crippen molar-refractivity contribution in [3.63, 3.8) is 0 Å². The van der Waals surface area contributed by atoms with E-state index in [1.807, 2.05) is 19.1 Å². The molecule has 0 bridgehead atoms. The lowest BCUT2D eigenvalue weighted by atomic mass is 10.1. The lowest BCUT2D eigenvalue weighted by Crippen LogP contribution is -2.47. The van der Waals surface area contributed by atoms with Crippen molar-refractivity contribution in [2.24, 2.45) is 0 Å². The Bertz CT molecular complexity index is 884. The Hall–Kier alpha value is -2.80. The molecule has 1 atom stereocenters. The van der Waals surface area contributed by atoms with Crippen LogP contribution in [-0.4, -0.2) is 36.2 Å². The largest absolute Gasteiger partial charge is 0.449 e. The van der Waals surface area contributed by atoms with Gasteiger partial charge in [-0.25, -0.2) is 4.79 Å². The van der Waals surface area contributed by atoms with E-state index in [4.69, 9.17) is 4.74 Å². The molecular weight excluding hydrogens is 364 g/mol. The molecule has 0 saturated carbocycles. The fraction of sp³-hybridized carbons (Fsp3) is 0.250. The number of anilines is 2. The quantitative estimate of drug-likeness (QED) is 0.632. The number of nitrogens with one attached hydrogen (secondary N) is 1. The maximum Gasteiger partial charge on any atom is 0.340 e. The van der Waals surface area contributed by atoms with Crippen molar-refractivity contribution < 1.29 is 19.1 Å². The summed E-state index contributed by atoms with van der Waals surface area (Å²) in [6.07, 6.45) is -1.02. The predicted octanol–water partition coefficient (Wildman–Crippen LogP) is 3.33. The van der Waals surface area contributed by atoms with Crippen molar-refractivity contribution in [3.05, 3.63) is 54.1 Å². The van der Waals surface area contributed by atoms with E-state index in [0.717, 1.165) is 10.6 Å². The van der Waals surface area contributed by atoms with Crippen LogP contribution in [0.2, 0.25) is 0 Å². The molecule has 0 spiro atoms. The minimum absolute atomic E-state index is 0.111. The molecule has 0 aromatic heterocycles. The van der Waals surface area contributed by atoms with Crippen molar-refractivity contribution >= 4 is 40.9 Å². The first-order valence-corrected chi connectivity index (χ1v) is 9.63. The number of ether oxygens (including phenoxy) is 1. The molecule has 1 heterocycles. The Morgan fingerprint density at radius 2 is 1.89 bits per heavy atom. The number of hydrogen-bond acceptors (Lipinski definition) is 5. The van der Waals surface area contributed by atoms with E-state index in [-0.39, 0.29) is 12.5 Å². The summed E-state index contributed by atoms with van der Waals surface area (Å²) < 4.78 is 5.41. The topological polar surface area (TPSA) is 75.7 Å². The summed E-state index contributed by atoms with van der Waals surface area (Å²) in [5.41, 5.74) is 1.58. The van der Waals surface area contributed by atoms with Gasteiger partial charge in [0.25, 0.3) is 5.91 Å². The monoisotopic (exact) mass is 384 g/mol. The molecule has 2 aromatic rings.